The summed E-state index contributed by atoms with van der Waals surface area (Å²) in [6.45, 7) is 17.1. The fraction of sp³-hybridized carbons (Fsp3) is 0.512. The number of anilines is 1. The molecule has 2 bridgehead atoms. The first-order valence-electron chi connectivity index (χ1n) is 18.1. The second-order valence-corrected chi connectivity index (χ2v) is 14.7. The molecule has 3 fully saturated rings. The number of amides is 3. The lowest BCUT2D eigenvalue weighted by Crippen LogP contribution is -2.59. The van der Waals surface area contributed by atoms with Gasteiger partial charge in [0.25, 0.3) is 5.91 Å². The van der Waals surface area contributed by atoms with Crippen molar-refractivity contribution in [3.05, 3.63) is 90.5 Å². The fourth-order valence-corrected chi connectivity index (χ4v) is 8.39. The van der Waals surface area contributed by atoms with Crippen molar-refractivity contribution in [1.29, 1.82) is 0 Å². The number of rotatable bonds is 16. The molecule has 2 N–H and O–H groups in total. The van der Waals surface area contributed by atoms with Crippen LogP contribution in [0.15, 0.2) is 73.8 Å². The number of benzene rings is 2. The molecular weight excluding hydrogens is 646 g/mol. The van der Waals surface area contributed by atoms with Gasteiger partial charge < -0.3 is 29.7 Å². The monoisotopic (exact) mass is 699 g/mol. The number of carbonyl (C=O) groups excluding carboxylic acids is 4. The predicted octanol–water partition coefficient (Wildman–Crippen LogP) is 5.36. The lowest BCUT2D eigenvalue weighted by molar-refractivity contribution is -0.162. The van der Waals surface area contributed by atoms with Crippen LogP contribution in [0.25, 0.3) is 0 Å². The average Bonchev–Trinajstić information content (AvgIpc) is 3.76. The number of hydrogen-bond donors (Lipinski definition) is 2. The number of nitrogens with one attached hydrogen (secondary N) is 1. The molecule has 3 heterocycles. The highest BCUT2D eigenvalue weighted by molar-refractivity contribution is 6.05. The van der Waals surface area contributed by atoms with Crippen molar-refractivity contribution in [2.24, 2.45) is 17.8 Å². The van der Waals surface area contributed by atoms with Gasteiger partial charge in [-0.3, -0.25) is 19.2 Å². The van der Waals surface area contributed by atoms with E-state index in [0.29, 0.717) is 36.9 Å². The maximum atomic E-state index is 15.1. The van der Waals surface area contributed by atoms with E-state index in [4.69, 9.17) is 9.47 Å². The normalized spacial score (nSPS) is 25.2. The van der Waals surface area contributed by atoms with Gasteiger partial charge in [0.05, 0.1) is 36.6 Å². The molecular formula is C41H53N3O7. The zero-order chi connectivity index (χ0) is 37.0. The van der Waals surface area contributed by atoms with Gasteiger partial charge in [-0.2, -0.15) is 0 Å². The van der Waals surface area contributed by atoms with Crippen molar-refractivity contribution in [3.8, 4) is 0 Å². The van der Waals surface area contributed by atoms with Crippen molar-refractivity contribution in [3.63, 3.8) is 0 Å². The molecule has 51 heavy (non-hydrogen) atoms. The zero-order valence-electron chi connectivity index (χ0n) is 30.5. The number of ether oxygens (including phenoxy) is 2. The van der Waals surface area contributed by atoms with E-state index in [1.165, 1.54) is 4.90 Å². The largest absolute Gasteiger partial charge is 0.455 e. The van der Waals surface area contributed by atoms with E-state index >= 15 is 4.79 Å². The Balaban J connectivity index is 1.54. The molecule has 3 aliphatic rings. The van der Waals surface area contributed by atoms with Crippen LogP contribution in [0, 0.1) is 31.6 Å². The minimum absolute atomic E-state index is 0.111. The molecule has 10 heteroatoms. The Kier molecular flexibility index (Phi) is 11.9. The van der Waals surface area contributed by atoms with Crippen molar-refractivity contribution in [2.75, 3.05) is 18.1 Å². The number of likely N-dealkylation sites (tertiary alicyclic amines) is 1. The van der Waals surface area contributed by atoms with E-state index in [1.807, 2.05) is 76.2 Å². The summed E-state index contributed by atoms with van der Waals surface area (Å²) in [4.78, 5) is 60.2. The molecule has 274 valence electrons. The zero-order valence-corrected chi connectivity index (χ0v) is 30.5. The van der Waals surface area contributed by atoms with Gasteiger partial charge in [-0.25, -0.2) is 0 Å². The summed E-state index contributed by atoms with van der Waals surface area (Å²) in [6, 6.07) is 12.7. The number of allylic oxidation sites excluding steroid dienone is 1. The Hall–Kier alpha value is -4.28. The van der Waals surface area contributed by atoms with Crippen LogP contribution in [0.2, 0.25) is 0 Å². The van der Waals surface area contributed by atoms with Crippen LogP contribution in [-0.2, 0) is 28.7 Å². The van der Waals surface area contributed by atoms with E-state index in [2.05, 4.69) is 18.5 Å². The molecule has 3 saturated heterocycles. The van der Waals surface area contributed by atoms with Crippen LogP contribution in [-0.4, -0.2) is 76.7 Å². The summed E-state index contributed by atoms with van der Waals surface area (Å²) in [7, 11) is 0. The summed E-state index contributed by atoms with van der Waals surface area (Å²) in [5, 5.41) is 13.7. The molecule has 2 aromatic rings. The fourth-order valence-electron chi connectivity index (χ4n) is 8.39. The molecule has 2 aromatic carbocycles. The van der Waals surface area contributed by atoms with Gasteiger partial charge in [0.15, 0.2) is 0 Å². The highest BCUT2D eigenvalue weighted by Crippen LogP contribution is 2.59. The summed E-state index contributed by atoms with van der Waals surface area (Å²) in [6.07, 6.45) is 3.93. The standard InChI is InChI=1S/C41H53N3O7/c1-8-10-16-33(46)42-28(7)36(29-14-12-11-13-15-29)50-40(49)34-32-19-20-41(51-32)35(34)38(47)44(30(24-45)22-25(3)4)37(41)39(48)43(21-9-2)31-23-26(5)17-18-27(31)6/h8-9,11-15,17-18,23,25,28,30,32,34-37,45H,1-2,10,16,19-22,24H2,3-7H3,(H,42,46)/t28-,30-,32+,34-,35-,36-,37+,41-/m1/s1. The van der Waals surface area contributed by atoms with E-state index in [1.54, 1.807) is 24.0 Å². The smallest absolute Gasteiger partial charge is 0.313 e. The number of nitrogens with zero attached hydrogens (tertiary/aromatic N) is 2. The molecule has 0 unspecified atom stereocenters. The lowest BCUT2D eigenvalue weighted by atomic mass is 9.70. The Morgan fingerprint density at radius 3 is 2.49 bits per heavy atom. The summed E-state index contributed by atoms with van der Waals surface area (Å²) in [5.41, 5.74) is 1.96. The number of aliphatic hydroxyl groups is 1. The van der Waals surface area contributed by atoms with Crippen LogP contribution < -0.4 is 10.2 Å². The maximum absolute atomic E-state index is 15.1. The van der Waals surface area contributed by atoms with Crippen molar-refractivity contribution >= 4 is 29.4 Å². The van der Waals surface area contributed by atoms with Gasteiger partial charge in [-0.05, 0) is 75.1 Å². The molecule has 5 rings (SSSR count). The molecule has 8 atom stereocenters. The SMILES string of the molecule is C=CCCC(=O)N[C@H](C)[C@@H](OC(=O)[C@@H]1[C@@H]2CC[C@]3(O2)[C@H](C(=O)N(CC=C)c2cc(C)ccc2C)N([C@@H](CO)CC(C)C)C(=O)[C@@H]13)c1ccccc1. The predicted molar refractivity (Wildman–Crippen MR) is 196 cm³/mol. The molecule has 3 aliphatic heterocycles. The molecule has 0 radical (unpaired) electrons. The Bertz CT molecular complexity index is 1630. The number of carbonyl (C=O) groups is 4. The third-order valence-corrected chi connectivity index (χ3v) is 10.6. The highest BCUT2D eigenvalue weighted by atomic mass is 16.6. The summed E-state index contributed by atoms with van der Waals surface area (Å²) in [5.74, 6) is -3.40. The number of aryl methyl sites for hydroxylation is 2. The van der Waals surface area contributed by atoms with Gasteiger partial charge in [-0.1, -0.05) is 68.5 Å². The van der Waals surface area contributed by atoms with E-state index < -0.39 is 59.6 Å². The molecule has 0 aliphatic carbocycles. The van der Waals surface area contributed by atoms with E-state index in [9.17, 15) is 19.5 Å². The van der Waals surface area contributed by atoms with Gasteiger partial charge in [0, 0.05) is 18.7 Å². The van der Waals surface area contributed by atoms with Crippen LogP contribution in [0.1, 0.15) is 75.7 Å². The number of aliphatic hydroxyl groups excluding tert-OH is 1. The topological polar surface area (TPSA) is 125 Å². The van der Waals surface area contributed by atoms with Gasteiger partial charge >= 0.3 is 5.97 Å². The average molecular weight is 700 g/mol. The Morgan fingerprint density at radius 1 is 1.12 bits per heavy atom. The first-order valence-corrected chi connectivity index (χ1v) is 18.1. The quantitative estimate of drug-likeness (QED) is 0.179. The molecule has 1 spiro atoms. The van der Waals surface area contributed by atoms with E-state index in [0.717, 1.165) is 11.1 Å². The maximum Gasteiger partial charge on any atom is 0.313 e. The third kappa shape index (κ3) is 7.39. The van der Waals surface area contributed by atoms with Crippen molar-refractivity contribution in [1.82, 2.24) is 10.2 Å². The highest BCUT2D eigenvalue weighted by Gasteiger charge is 2.75. The Labute approximate surface area is 301 Å². The van der Waals surface area contributed by atoms with Crippen molar-refractivity contribution < 1.29 is 33.8 Å². The Morgan fingerprint density at radius 2 is 1.84 bits per heavy atom. The summed E-state index contributed by atoms with van der Waals surface area (Å²) < 4.78 is 13.0. The number of esters is 1. The number of fused-ring (bicyclic) bond motifs is 1. The van der Waals surface area contributed by atoms with Gasteiger partial charge in [-0.15, -0.1) is 13.2 Å². The first kappa shape index (κ1) is 38.0. The first-order chi connectivity index (χ1) is 24.4. The van der Waals surface area contributed by atoms with Crippen LogP contribution in [0.4, 0.5) is 5.69 Å². The second-order valence-electron chi connectivity index (χ2n) is 14.7. The van der Waals surface area contributed by atoms with E-state index in [-0.39, 0.29) is 37.3 Å². The number of hydrogen-bond acceptors (Lipinski definition) is 7. The van der Waals surface area contributed by atoms with Crippen LogP contribution in [0.5, 0.6) is 0 Å². The van der Waals surface area contributed by atoms with Gasteiger partial charge in [0.2, 0.25) is 11.8 Å². The third-order valence-electron chi connectivity index (χ3n) is 10.6. The molecule has 3 amide bonds. The van der Waals surface area contributed by atoms with Crippen LogP contribution in [0.3, 0.4) is 0 Å². The van der Waals surface area contributed by atoms with Gasteiger partial charge in [0.1, 0.15) is 17.7 Å². The summed E-state index contributed by atoms with van der Waals surface area (Å²) >= 11 is 0. The minimum Gasteiger partial charge on any atom is -0.455 e. The van der Waals surface area contributed by atoms with Crippen molar-refractivity contribution in [2.45, 2.75) is 103 Å². The molecule has 0 saturated carbocycles. The molecule has 0 aromatic heterocycles. The second kappa shape index (κ2) is 15.9. The van der Waals surface area contributed by atoms with Crippen LogP contribution >= 0.6 is 0 Å². The lowest BCUT2D eigenvalue weighted by Gasteiger charge is -2.40. The minimum atomic E-state index is -1.29. The molecule has 10 nitrogen and oxygen atoms in total.